The zero-order chi connectivity index (χ0) is 52.7. The van der Waals surface area contributed by atoms with E-state index in [0.29, 0.717) is 49.8 Å². The maximum absolute atomic E-state index is 15.0. The van der Waals surface area contributed by atoms with E-state index in [1.807, 2.05) is 0 Å². The number of esters is 1. The molecule has 396 valence electrons. The van der Waals surface area contributed by atoms with Crippen LogP contribution in [-0.4, -0.2) is 152 Å². The van der Waals surface area contributed by atoms with Gasteiger partial charge in [0.15, 0.2) is 5.75 Å². The van der Waals surface area contributed by atoms with Crippen LogP contribution in [0.3, 0.4) is 0 Å². The van der Waals surface area contributed by atoms with Gasteiger partial charge in [-0.05, 0) is 25.8 Å². The summed E-state index contributed by atoms with van der Waals surface area (Å²) in [5.41, 5.74) is 0.529. The number of ether oxygens (including phenoxy) is 4. The van der Waals surface area contributed by atoms with E-state index < -0.39 is 82.9 Å². The summed E-state index contributed by atoms with van der Waals surface area (Å²) in [6.45, 7) is 22.1. The number of methoxy groups -OCH3 is 1. The normalized spacial score (nSPS) is 30.8. The Labute approximate surface area is 425 Å². The number of aromatic nitrogens is 3. The summed E-state index contributed by atoms with van der Waals surface area (Å²) < 4.78 is 26.2. The molecule has 0 unspecified atom stereocenters. The third-order valence-electron chi connectivity index (χ3n) is 15.4. The lowest BCUT2D eigenvalue weighted by atomic mass is 9.78. The van der Waals surface area contributed by atoms with Gasteiger partial charge in [0.25, 0.3) is 11.7 Å². The van der Waals surface area contributed by atoms with Crippen LogP contribution in [0.5, 0.6) is 17.2 Å². The number of piperazine rings is 1. The molecule has 7 heterocycles. The number of aliphatic hydroxyl groups is 2. The highest BCUT2D eigenvalue weighted by molar-refractivity contribution is 6.21. The number of ketones is 1. The maximum atomic E-state index is 15.0. The summed E-state index contributed by atoms with van der Waals surface area (Å²) in [7, 11) is 1.47. The minimum Gasteiger partial charge on any atom is -0.507 e. The highest BCUT2D eigenvalue weighted by atomic mass is 16.7. The number of hydrogen-bond donors (Lipinski definition) is 6. The van der Waals surface area contributed by atoms with Gasteiger partial charge in [-0.3, -0.25) is 24.3 Å². The van der Waals surface area contributed by atoms with E-state index in [1.165, 1.54) is 25.0 Å². The highest BCUT2D eigenvalue weighted by Crippen LogP contribution is 2.51. The largest absolute Gasteiger partial charge is 0.507 e. The number of hydrogen-bond acceptors (Lipinski definition) is 18. The van der Waals surface area contributed by atoms with Gasteiger partial charge < -0.3 is 54.9 Å². The van der Waals surface area contributed by atoms with E-state index in [-0.39, 0.29) is 56.2 Å². The first-order valence-electron chi connectivity index (χ1n) is 25.6. The molecule has 6 N–H and O–H groups in total. The van der Waals surface area contributed by atoms with Crippen molar-refractivity contribution in [2.24, 2.45) is 39.6 Å². The molecule has 2 aromatic carbocycles. The first-order valence-corrected chi connectivity index (χ1v) is 25.6. The van der Waals surface area contributed by atoms with Crippen molar-refractivity contribution in [1.82, 2.24) is 30.1 Å². The molecule has 9 rings (SSSR count). The van der Waals surface area contributed by atoms with Gasteiger partial charge >= 0.3 is 11.8 Å². The third-order valence-corrected chi connectivity index (χ3v) is 15.4. The smallest absolute Gasteiger partial charge is 0.328 e. The number of anilines is 1. The molecule has 73 heavy (non-hydrogen) atoms. The summed E-state index contributed by atoms with van der Waals surface area (Å²) in [6, 6.07) is 0. The van der Waals surface area contributed by atoms with Crippen LogP contribution in [0.15, 0.2) is 52.3 Å². The Morgan fingerprint density at radius 3 is 2.33 bits per heavy atom. The second kappa shape index (κ2) is 21.6. The Morgan fingerprint density at radius 1 is 0.932 bits per heavy atom. The van der Waals surface area contributed by atoms with E-state index in [1.54, 1.807) is 72.0 Å². The number of carbonyl (C=O) groups excluding carboxylic acids is 3. The average molecular weight is 1010 g/mol. The second-order valence-corrected chi connectivity index (χ2v) is 21.3. The minimum atomic E-state index is -1.99. The van der Waals surface area contributed by atoms with E-state index in [9.17, 15) is 34.8 Å². The predicted molar refractivity (Wildman–Crippen MR) is 270 cm³/mol. The van der Waals surface area contributed by atoms with Gasteiger partial charge in [-0.1, -0.05) is 65.0 Å². The van der Waals surface area contributed by atoms with Crippen molar-refractivity contribution in [3.05, 3.63) is 69.9 Å². The van der Waals surface area contributed by atoms with Gasteiger partial charge in [0.1, 0.15) is 40.5 Å². The maximum Gasteiger partial charge on any atom is 0.328 e. The second-order valence-electron chi connectivity index (χ2n) is 21.3. The summed E-state index contributed by atoms with van der Waals surface area (Å²) in [5.74, 6) is -7.06. The number of nitrogens with zero attached hydrogens (tertiary/aromatic N) is 7. The third kappa shape index (κ3) is 10.8. The van der Waals surface area contributed by atoms with E-state index in [0.717, 1.165) is 32.7 Å². The van der Waals surface area contributed by atoms with Crippen molar-refractivity contribution in [3.63, 3.8) is 0 Å². The Balaban J connectivity index is 1.18. The number of piperidine rings is 1. The van der Waals surface area contributed by atoms with E-state index >= 15 is 0 Å². The van der Waals surface area contributed by atoms with Gasteiger partial charge in [0, 0.05) is 119 Å². The molecular weight excluding hydrogens is 939 g/mol. The van der Waals surface area contributed by atoms with Crippen LogP contribution in [0.1, 0.15) is 89.8 Å². The number of carbonyl (C=O) groups is 3. The molecule has 20 heteroatoms. The Kier molecular flexibility index (Phi) is 15.8. The highest BCUT2D eigenvalue weighted by Gasteiger charge is 2.51. The monoisotopic (exact) mass is 1010 g/mol. The molecule has 1 aromatic heterocycles. The van der Waals surface area contributed by atoms with Crippen LogP contribution in [0.25, 0.3) is 10.8 Å². The number of fused-ring (bicyclic) bond motifs is 13. The predicted octanol–water partition coefficient (Wildman–Crippen LogP) is 3.43. The SMILES string of the molecule is CO[C@H]1/C=C/O[C@@]2(C)Oc3c(C)c(O)c4c(O)c(c5c(c4c3C2=O)NC2(CCN(CC(C)C)CC2)N=5)=NC(=O)/C(C)=C\C=C\[C@H](C)[C@H](O)[C@@H](C)[C@@H](O)[C@@H](C)[C@H](OC(=O)Cn2cc(CN3CCNCC3)nn2)[C@@H]1C. The fourth-order valence-corrected chi connectivity index (χ4v) is 11.0. The fraction of sp³-hybridized carbons (Fsp3) is 0.604. The van der Waals surface area contributed by atoms with Crippen molar-refractivity contribution in [1.29, 1.82) is 0 Å². The quantitative estimate of drug-likeness (QED) is 0.140. The van der Waals surface area contributed by atoms with Gasteiger partial charge in [-0.2, -0.15) is 0 Å². The number of aromatic hydroxyl groups is 2. The molecule has 1 spiro atoms. The summed E-state index contributed by atoms with van der Waals surface area (Å²) in [5, 5.41) is 63.3. The molecule has 1 amide bonds. The molecule has 6 aliphatic rings. The molecule has 9 atom stereocenters. The van der Waals surface area contributed by atoms with Crippen LogP contribution < -0.4 is 26.1 Å². The van der Waals surface area contributed by atoms with Crippen LogP contribution in [0.4, 0.5) is 5.69 Å². The summed E-state index contributed by atoms with van der Waals surface area (Å²) in [6.07, 6.45) is 6.44. The summed E-state index contributed by atoms with van der Waals surface area (Å²) >= 11 is 0. The first kappa shape index (κ1) is 53.5. The standard InChI is InChI=1S/C53H73N9O11/c1-28(2)24-60-19-15-53(16-20-60)56-41-38-39-46(66)34(8)49-40(38)50(68)52(9,73-49)71-23-14-36(70-10)31(5)48(72-37(63)27-62-26-35(58-59-62)25-61-21-17-54-18-22-61)33(7)45(65)32(6)44(64)29(3)12-11-13-30(4)51(69)55-43(47(39)67)42(41)57-53/h11-14,23,26,28-29,31-33,36,44-45,48,54,56,64-67H,15-22,24-25,27H2,1-10H3/b12-11+,23-14+,30-13-,55-43?/t29-,31+,32+,33+,36-,44-,45+,48+,52-/m0/s1. The molecule has 0 radical (unpaired) electrons. The molecule has 20 nitrogen and oxygen atoms in total. The van der Waals surface area contributed by atoms with Crippen molar-refractivity contribution >= 4 is 34.1 Å². The Hall–Kier alpha value is -5.77. The molecule has 5 bridgehead atoms. The number of aliphatic hydroxyl groups excluding tert-OH is 2. The Morgan fingerprint density at radius 2 is 1.64 bits per heavy atom. The number of amides is 1. The van der Waals surface area contributed by atoms with Crippen LogP contribution in [-0.2, 0) is 36.9 Å². The van der Waals surface area contributed by atoms with Gasteiger partial charge in [0.05, 0.1) is 53.1 Å². The number of likely N-dealkylation sites (tertiary alicyclic amines) is 1. The molecule has 2 fully saturated rings. The number of rotatable bonds is 8. The van der Waals surface area contributed by atoms with Crippen LogP contribution in [0, 0.1) is 36.5 Å². The number of phenolic OH excluding ortho intramolecular Hbond substituents is 2. The lowest BCUT2D eigenvalue weighted by molar-refractivity contribution is -0.164. The van der Waals surface area contributed by atoms with Crippen LogP contribution in [0.2, 0.25) is 0 Å². The zero-order valence-electron chi connectivity index (χ0n) is 43.7. The minimum absolute atomic E-state index is 0.0402. The number of nitrogens with one attached hydrogen (secondary N) is 2. The molecular formula is C53H73N9O11. The average Bonchev–Trinajstić information content (AvgIpc) is 4.04. The van der Waals surface area contributed by atoms with Gasteiger partial charge in [-0.25, -0.2) is 9.67 Å². The van der Waals surface area contributed by atoms with Gasteiger partial charge in [-0.15, -0.1) is 5.10 Å². The topological polar surface area (TPSA) is 255 Å². The molecule has 0 saturated carbocycles. The Bertz CT molecular complexity index is 2810. The lowest BCUT2D eigenvalue weighted by Gasteiger charge is -2.38. The fourth-order valence-electron chi connectivity index (χ4n) is 11.0. The van der Waals surface area contributed by atoms with Crippen molar-refractivity contribution < 1.29 is 53.8 Å². The number of Topliss-reactive ketones (excluding diaryl/α,β-unsaturated/α-hetero) is 1. The zero-order valence-corrected chi connectivity index (χ0v) is 43.7. The lowest BCUT2D eigenvalue weighted by Crippen LogP contribution is -2.47. The molecule has 0 aliphatic carbocycles. The molecule has 3 aromatic rings. The summed E-state index contributed by atoms with van der Waals surface area (Å²) in [4.78, 5) is 57.1. The van der Waals surface area contributed by atoms with Crippen LogP contribution >= 0.6 is 0 Å². The number of allylic oxidation sites excluding steroid dienone is 2. The molecule has 2 saturated heterocycles. The van der Waals surface area contributed by atoms with Crippen molar-refractivity contribution in [2.75, 3.05) is 58.2 Å². The van der Waals surface area contributed by atoms with Gasteiger partial charge in [0.2, 0.25) is 0 Å². The molecule has 6 aliphatic heterocycles. The van der Waals surface area contributed by atoms with Crippen molar-refractivity contribution in [2.45, 2.75) is 124 Å². The van der Waals surface area contributed by atoms with Crippen molar-refractivity contribution in [3.8, 4) is 17.2 Å². The number of benzene rings is 2. The van der Waals surface area contributed by atoms with E-state index in [2.05, 4.69) is 49.6 Å². The first-order chi connectivity index (χ1) is 34.7. The number of phenols is 2. The van der Waals surface area contributed by atoms with E-state index in [4.69, 9.17) is 23.9 Å².